The number of esters is 2. The van der Waals surface area contributed by atoms with E-state index < -0.39 is 35.8 Å². The summed E-state index contributed by atoms with van der Waals surface area (Å²) >= 11 is -0.841. The minimum absolute atomic E-state index is 0.0126. The molecular formula is C12H11F2O7S-. The molecule has 0 amide bonds. The Morgan fingerprint density at radius 1 is 1.18 bits per heavy atom. The molecule has 1 aromatic rings. The van der Waals surface area contributed by atoms with E-state index >= 15 is 0 Å². The molecule has 22 heavy (non-hydrogen) atoms. The molecule has 0 fully saturated rings. The number of halogens is 2. The van der Waals surface area contributed by atoms with Crippen molar-refractivity contribution >= 4 is 24.0 Å². The van der Waals surface area contributed by atoms with E-state index in [0.29, 0.717) is 6.42 Å². The average Bonchev–Trinajstić information content (AvgIpc) is 2.51. The van der Waals surface area contributed by atoms with Crippen molar-refractivity contribution in [2.45, 2.75) is 11.7 Å². The number of carbonyl (C=O) groups excluding carboxylic acids is 2. The van der Waals surface area contributed by atoms with Gasteiger partial charge in [-0.25, -0.2) is 9.59 Å². The maximum atomic E-state index is 12.9. The Morgan fingerprint density at radius 2 is 1.86 bits per heavy atom. The van der Waals surface area contributed by atoms with E-state index in [0.717, 1.165) is 5.56 Å². The van der Waals surface area contributed by atoms with Gasteiger partial charge in [-0.2, -0.15) is 13.1 Å². The normalized spacial score (nSPS) is 11.0. The maximum absolute atomic E-state index is 12.9. The van der Waals surface area contributed by atoms with Crippen LogP contribution in [0, 0.1) is 0 Å². The van der Waals surface area contributed by atoms with Crippen molar-refractivity contribution in [3.05, 3.63) is 35.9 Å². The molecule has 1 rings (SSSR count). The predicted molar refractivity (Wildman–Crippen MR) is 66.8 cm³/mol. The van der Waals surface area contributed by atoms with Crippen LogP contribution in [0.15, 0.2) is 30.3 Å². The lowest BCUT2D eigenvalue weighted by atomic mass is 10.2. The molecule has 10 heteroatoms. The number of benzene rings is 1. The molecule has 0 aromatic heterocycles. The fourth-order valence-corrected chi connectivity index (χ4v) is 1.51. The van der Waals surface area contributed by atoms with Crippen LogP contribution in [-0.4, -0.2) is 30.4 Å². The van der Waals surface area contributed by atoms with Crippen molar-refractivity contribution in [1.82, 2.24) is 0 Å². The van der Waals surface area contributed by atoms with Gasteiger partial charge in [0.05, 0.1) is 6.61 Å². The van der Waals surface area contributed by atoms with E-state index in [2.05, 4.69) is 14.1 Å². The van der Waals surface area contributed by atoms with Crippen LogP contribution in [0.25, 0.3) is 0 Å². The summed E-state index contributed by atoms with van der Waals surface area (Å²) in [6.07, 6.45) is 0.432. The molecule has 0 saturated carbocycles. The molecule has 0 N–H and O–H groups in total. The topological polar surface area (TPSA) is 94.1 Å². The molecule has 0 aliphatic rings. The molecule has 0 aliphatic heterocycles. The van der Waals surface area contributed by atoms with E-state index in [1.807, 2.05) is 30.3 Å². The number of hydrogen-bond donors (Lipinski definition) is 0. The summed E-state index contributed by atoms with van der Waals surface area (Å²) in [5.74, 6) is -3.04. The molecule has 0 spiro atoms. The van der Waals surface area contributed by atoms with Gasteiger partial charge in [0.15, 0.2) is 6.61 Å². The summed E-state index contributed by atoms with van der Waals surface area (Å²) in [7, 11) is 0. The predicted octanol–water partition coefficient (Wildman–Crippen LogP) is 0.780. The van der Waals surface area contributed by atoms with Gasteiger partial charge in [-0.15, -0.1) is 0 Å². The zero-order valence-electron chi connectivity index (χ0n) is 11.0. The highest BCUT2D eigenvalue weighted by molar-refractivity contribution is 7.96. The van der Waals surface area contributed by atoms with E-state index in [4.69, 9.17) is 4.74 Å². The number of carbonyl (C=O) groups is 2. The standard InChI is InChI=1S/C12H12F2O7S/c13-12(14,22-21-20-17)11(16)19-8-10(15)18-7-6-9-4-2-1-3-5-9/h1-5,17H,6-8H2/p-1. The summed E-state index contributed by atoms with van der Waals surface area (Å²) in [4.78, 5) is 22.2. The SMILES string of the molecule is O=C(COC(=O)C(F)(F)SOO[O-])OCCc1ccccc1. The van der Waals surface area contributed by atoms with Crippen molar-refractivity contribution < 1.29 is 42.5 Å². The summed E-state index contributed by atoms with van der Waals surface area (Å²) in [5.41, 5.74) is 0.921. The number of alkyl halides is 2. The Bertz CT molecular complexity index is 484. The van der Waals surface area contributed by atoms with Crippen molar-refractivity contribution in [3.63, 3.8) is 0 Å². The number of ether oxygens (including phenoxy) is 2. The second kappa shape index (κ2) is 9.30. The Morgan fingerprint density at radius 3 is 2.50 bits per heavy atom. The van der Waals surface area contributed by atoms with Gasteiger partial charge in [0.1, 0.15) is 12.0 Å². The number of rotatable bonds is 9. The summed E-state index contributed by atoms with van der Waals surface area (Å²) in [5, 5.41) is 7.89. The van der Waals surface area contributed by atoms with Crippen LogP contribution in [0.3, 0.4) is 0 Å². The molecule has 0 aliphatic carbocycles. The fraction of sp³-hybridized carbons (Fsp3) is 0.333. The zero-order chi connectivity index (χ0) is 16.4. The zero-order valence-corrected chi connectivity index (χ0v) is 11.8. The third kappa shape index (κ3) is 6.80. The highest BCUT2D eigenvalue weighted by Crippen LogP contribution is 2.30. The number of hydrogen-bond acceptors (Lipinski definition) is 8. The van der Waals surface area contributed by atoms with Crippen LogP contribution in [0.2, 0.25) is 0 Å². The lowest BCUT2D eigenvalue weighted by Crippen LogP contribution is -2.30. The van der Waals surface area contributed by atoms with Gasteiger partial charge in [0.2, 0.25) is 0 Å². The quantitative estimate of drug-likeness (QED) is 0.282. The fourth-order valence-electron chi connectivity index (χ4n) is 1.27. The highest BCUT2D eigenvalue weighted by Gasteiger charge is 2.44. The first-order valence-electron chi connectivity index (χ1n) is 5.84. The minimum Gasteiger partial charge on any atom is -0.691 e. The summed E-state index contributed by atoms with van der Waals surface area (Å²) < 4.78 is 37.9. The van der Waals surface area contributed by atoms with Gasteiger partial charge in [-0.05, 0) is 5.56 Å². The molecule has 1 aromatic carbocycles. The van der Waals surface area contributed by atoms with Gasteiger partial charge < -0.3 is 14.7 Å². The molecular weight excluding hydrogens is 326 g/mol. The molecule has 0 saturated heterocycles. The lowest BCUT2D eigenvalue weighted by Gasteiger charge is -2.13. The molecule has 122 valence electrons. The first-order chi connectivity index (χ1) is 10.5. The van der Waals surface area contributed by atoms with Crippen LogP contribution in [-0.2, 0) is 34.9 Å². The van der Waals surface area contributed by atoms with Gasteiger partial charge >= 0.3 is 17.2 Å². The maximum Gasteiger partial charge on any atom is 0.415 e. The molecule has 0 heterocycles. The van der Waals surface area contributed by atoms with Gasteiger partial charge in [0.25, 0.3) is 0 Å². The second-order valence-electron chi connectivity index (χ2n) is 3.77. The second-order valence-corrected chi connectivity index (χ2v) is 4.58. The van der Waals surface area contributed by atoms with Crippen LogP contribution >= 0.6 is 12.0 Å². The Labute approximate surface area is 128 Å². The smallest absolute Gasteiger partial charge is 0.415 e. The highest BCUT2D eigenvalue weighted by atomic mass is 32.2. The minimum atomic E-state index is -4.19. The molecule has 0 radical (unpaired) electrons. The van der Waals surface area contributed by atoms with E-state index in [1.54, 1.807) is 0 Å². The van der Waals surface area contributed by atoms with E-state index in [9.17, 15) is 23.6 Å². The van der Waals surface area contributed by atoms with Gasteiger partial charge in [-0.1, -0.05) is 30.3 Å². The Hall–Kier alpha value is -1.75. The van der Waals surface area contributed by atoms with E-state index in [1.165, 1.54) is 0 Å². The average molecular weight is 337 g/mol. The van der Waals surface area contributed by atoms with Crippen molar-refractivity contribution in [3.8, 4) is 0 Å². The monoisotopic (exact) mass is 337 g/mol. The third-order valence-electron chi connectivity index (χ3n) is 2.22. The van der Waals surface area contributed by atoms with Gasteiger partial charge in [0, 0.05) is 6.42 Å². The lowest BCUT2D eigenvalue weighted by molar-refractivity contribution is -0.777. The molecule has 0 bridgehead atoms. The largest absolute Gasteiger partial charge is 0.691 e. The van der Waals surface area contributed by atoms with Crippen LogP contribution < -0.4 is 5.26 Å². The van der Waals surface area contributed by atoms with Crippen molar-refractivity contribution in [2.75, 3.05) is 13.2 Å². The first-order valence-corrected chi connectivity index (χ1v) is 6.59. The molecule has 0 atom stereocenters. The van der Waals surface area contributed by atoms with Crippen LogP contribution in [0.1, 0.15) is 5.56 Å². The summed E-state index contributed by atoms with van der Waals surface area (Å²) in [6, 6.07) is 9.10. The Balaban J connectivity index is 2.23. The van der Waals surface area contributed by atoms with Crippen LogP contribution in [0.5, 0.6) is 0 Å². The van der Waals surface area contributed by atoms with Crippen LogP contribution in [0.4, 0.5) is 8.78 Å². The van der Waals surface area contributed by atoms with Crippen molar-refractivity contribution in [1.29, 1.82) is 0 Å². The van der Waals surface area contributed by atoms with Gasteiger partial charge in [-0.3, -0.25) is 5.04 Å². The third-order valence-corrected chi connectivity index (χ3v) is 2.72. The summed E-state index contributed by atoms with van der Waals surface area (Å²) in [6.45, 7) is -0.972. The molecule has 7 nitrogen and oxygen atoms in total. The van der Waals surface area contributed by atoms with E-state index in [-0.39, 0.29) is 6.61 Å². The first kappa shape index (κ1) is 18.3. The molecule has 0 unspecified atom stereocenters. The van der Waals surface area contributed by atoms with Crippen molar-refractivity contribution in [2.24, 2.45) is 0 Å². The Kier molecular flexibility index (Phi) is 7.74.